The van der Waals surface area contributed by atoms with Crippen molar-refractivity contribution in [3.63, 3.8) is 0 Å². The quantitative estimate of drug-likeness (QED) is 0.726. The van der Waals surface area contributed by atoms with Gasteiger partial charge in [0.25, 0.3) is 0 Å². The Morgan fingerprint density at radius 2 is 1.76 bits per heavy atom. The van der Waals surface area contributed by atoms with Crippen molar-refractivity contribution < 1.29 is 5.21 Å². The van der Waals surface area contributed by atoms with Crippen molar-refractivity contribution in [1.29, 1.82) is 0 Å². The summed E-state index contributed by atoms with van der Waals surface area (Å²) >= 11 is 0. The first-order chi connectivity index (χ1) is 10.0. The molecule has 2 rings (SSSR count). The standard InChI is InChI=1S/C14H16N5O2/c1-10-9-11(2)17-14(16-10)18-15-8-7-12-3-5-13(6-4-12)19(20)21/h3-9,15,20H,1-2H3,(H,16,17,18)/q-1. The maximum absolute atomic E-state index is 10.6. The molecule has 0 spiro atoms. The Hall–Kier alpha value is -2.64. The number of aryl methyl sites for hydroxylation is 2. The number of anilines is 2. The van der Waals surface area contributed by atoms with E-state index in [0.717, 1.165) is 17.0 Å². The third-order valence-electron chi connectivity index (χ3n) is 2.64. The number of hydrogen-bond donors (Lipinski definition) is 3. The highest BCUT2D eigenvalue weighted by Gasteiger charge is 1.96. The second-order valence-corrected chi connectivity index (χ2v) is 4.44. The van der Waals surface area contributed by atoms with Crippen LogP contribution in [0.2, 0.25) is 0 Å². The molecule has 0 saturated heterocycles. The number of hydrogen-bond acceptors (Lipinski definition) is 7. The molecule has 7 heteroatoms. The molecule has 0 fully saturated rings. The fourth-order valence-corrected chi connectivity index (χ4v) is 1.74. The van der Waals surface area contributed by atoms with E-state index in [1.54, 1.807) is 24.4 Å². The lowest BCUT2D eigenvalue weighted by atomic mass is 10.2. The molecule has 3 N–H and O–H groups in total. The van der Waals surface area contributed by atoms with Crippen LogP contribution in [0, 0.1) is 19.1 Å². The number of nitrogens with one attached hydrogen (secondary N) is 2. The van der Waals surface area contributed by atoms with Gasteiger partial charge in [-0.15, -0.1) is 0 Å². The maximum atomic E-state index is 10.6. The minimum absolute atomic E-state index is 0.176. The third-order valence-corrected chi connectivity index (χ3v) is 2.64. The summed E-state index contributed by atoms with van der Waals surface area (Å²) in [7, 11) is 0. The summed E-state index contributed by atoms with van der Waals surface area (Å²) in [6, 6.07) is 8.35. The summed E-state index contributed by atoms with van der Waals surface area (Å²) in [6.07, 6.45) is 3.48. The summed E-state index contributed by atoms with van der Waals surface area (Å²) in [4.78, 5) is 8.45. The van der Waals surface area contributed by atoms with Gasteiger partial charge in [0.05, 0.1) is 5.69 Å². The Morgan fingerprint density at radius 1 is 1.14 bits per heavy atom. The van der Waals surface area contributed by atoms with Gasteiger partial charge in [-0.1, -0.05) is 12.1 Å². The lowest BCUT2D eigenvalue weighted by molar-refractivity contribution is 0.296. The average molecular weight is 286 g/mol. The van der Waals surface area contributed by atoms with Crippen molar-refractivity contribution in [2.24, 2.45) is 0 Å². The molecule has 2 aromatic rings. The molecule has 0 aliphatic rings. The van der Waals surface area contributed by atoms with Crippen LogP contribution in [0.1, 0.15) is 17.0 Å². The van der Waals surface area contributed by atoms with E-state index in [1.165, 1.54) is 12.1 Å². The van der Waals surface area contributed by atoms with Crippen LogP contribution in [0.15, 0.2) is 36.5 Å². The minimum atomic E-state index is -0.176. The van der Waals surface area contributed by atoms with Gasteiger partial charge in [0.2, 0.25) is 5.95 Å². The molecular weight excluding hydrogens is 270 g/mol. The van der Waals surface area contributed by atoms with Crippen LogP contribution < -0.4 is 16.1 Å². The molecule has 0 aliphatic heterocycles. The predicted molar refractivity (Wildman–Crippen MR) is 81.4 cm³/mol. The van der Waals surface area contributed by atoms with E-state index in [0.29, 0.717) is 5.95 Å². The predicted octanol–water partition coefficient (Wildman–Crippen LogP) is 2.37. The van der Waals surface area contributed by atoms with Crippen LogP contribution in [0.25, 0.3) is 6.08 Å². The van der Waals surface area contributed by atoms with Gasteiger partial charge in [-0.3, -0.25) is 10.6 Å². The monoisotopic (exact) mass is 286 g/mol. The summed E-state index contributed by atoms with van der Waals surface area (Å²) < 4.78 is 0. The number of hydrazine groups is 1. The fraction of sp³-hybridized carbons (Fsp3) is 0.143. The van der Waals surface area contributed by atoms with Crippen LogP contribution in [0.5, 0.6) is 0 Å². The SMILES string of the molecule is Cc1cc(C)nc(NNC=Cc2ccc(N([O-])O)cc2)n1. The zero-order valence-electron chi connectivity index (χ0n) is 11.7. The Labute approximate surface area is 122 Å². The first kappa shape index (κ1) is 14.8. The van der Waals surface area contributed by atoms with Crippen LogP contribution in [0.3, 0.4) is 0 Å². The Kier molecular flexibility index (Phi) is 4.70. The van der Waals surface area contributed by atoms with Crippen molar-refractivity contribution >= 4 is 17.7 Å². The highest BCUT2D eigenvalue weighted by atomic mass is 16.8. The summed E-state index contributed by atoms with van der Waals surface area (Å²) in [5, 5.41) is 19.2. The second kappa shape index (κ2) is 6.69. The molecule has 110 valence electrons. The topological polar surface area (TPSA) is 96.4 Å². The van der Waals surface area contributed by atoms with E-state index < -0.39 is 0 Å². The molecule has 0 bridgehead atoms. The maximum Gasteiger partial charge on any atom is 0.242 e. The number of aromatic nitrogens is 2. The van der Waals surface area contributed by atoms with E-state index in [2.05, 4.69) is 20.8 Å². The molecule has 0 amide bonds. The largest absolute Gasteiger partial charge is 0.733 e. The van der Waals surface area contributed by atoms with Crippen LogP contribution in [-0.2, 0) is 0 Å². The molecule has 0 saturated carbocycles. The van der Waals surface area contributed by atoms with Gasteiger partial charge in [0.15, 0.2) is 0 Å². The minimum Gasteiger partial charge on any atom is -0.733 e. The van der Waals surface area contributed by atoms with E-state index in [4.69, 9.17) is 5.21 Å². The van der Waals surface area contributed by atoms with Gasteiger partial charge in [-0.25, -0.2) is 9.97 Å². The Morgan fingerprint density at radius 3 is 2.33 bits per heavy atom. The highest BCUT2D eigenvalue weighted by Crippen LogP contribution is 2.13. The zero-order chi connectivity index (χ0) is 15.2. The van der Waals surface area contributed by atoms with E-state index in [9.17, 15) is 5.21 Å². The molecule has 21 heavy (non-hydrogen) atoms. The number of rotatable bonds is 5. The van der Waals surface area contributed by atoms with Crippen molar-refractivity contribution in [2.75, 3.05) is 10.7 Å². The van der Waals surface area contributed by atoms with E-state index in [-0.39, 0.29) is 10.9 Å². The van der Waals surface area contributed by atoms with Gasteiger partial charge >= 0.3 is 0 Å². The molecule has 0 unspecified atom stereocenters. The van der Waals surface area contributed by atoms with Crippen LogP contribution in [0.4, 0.5) is 11.6 Å². The average Bonchev–Trinajstić information content (AvgIpc) is 2.43. The Bertz CT molecular complexity index is 606. The van der Waals surface area contributed by atoms with E-state index in [1.807, 2.05) is 19.9 Å². The first-order valence-corrected chi connectivity index (χ1v) is 6.31. The normalized spacial score (nSPS) is 10.7. The van der Waals surface area contributed by atoms with Gasteiger partial charge in [-0.05, 0) is 43.7 Å². The second-order valence-electron chi connectivity index (χ2n) is 4.44. The van der Waals surface area contributed by atoms with E-state index >= 15 is 0 Å². The summed E-state index contributed by atoms with van der Waals surface area (Å²) in [5.74, 6) is 0.495. The zero-order valence-corrected chi connectivity index (χ0v) is 11.7. The summed E-state index contributed by atoms with van der Waals surface area (Å²) in [6.45, 7) is 3.80. The van der Waals surface area contributed by atoms with Crippen LogP contribution in [-0.4, -0.2) is 15.2 Å². The Balaban J connectivity index is 1.90. The fourth-order valence-electron chi connectivity index (χ4n) is 1.74. The highest BCUT2D eigenvalue weighted by molar-refractivity contribution is 5.55. The molecule has 0 atom stereocenters. The van der Waals surface area contributed by atoms with Gasteiger partial charge in [-0.2, -0.15) is 0 Å². The van der Waals surface area contributed by atoms with Gasteiger partial charge in [0.1, 0.15) is 0 Å². The van der Waals surface area contributed by atoms with Crippen molar-refractivity contribution in [3.05, 3.63) is 58.7 Å². The van der Waals surface area contributed by atoms with Crippen molar-refractivity contribution in [2.45, 2.75) is 13.8 Å². The first-order valence-electron chi connectivity index (χ1n) is 6.31. The van der Waals surface area contributed by atoms with Crippen LogP contribution >= 0.6 is 0 Å². The number of benzene rings is 1. The molecule has 0 radical (unpaired) electrons. The molecule has 0 aliphatic carbocycles. The smallest absolute Gasteiger partial charge is 0.242 e. The molecular formula is C14H16N5O2-. The third kappa shape index (κ3) is 4.44. The summed E-state index contributed by atoms with van der Waals surface area (Å²) in [5.41, 5.74) is 8.56. The lowest BCUT2D eigenvalue weighted by Crippen LogP contribution is -2.17. The van der Waals surface area contributed by atoms with Crippen molar-refractivity contribution in [1.82, 2.24) is 15.4 Å². The molecule has 1 heterocycles. The molecule has 1 aromatic carbocycles. The van der Waals surface area contributed by atoms with Gasteiger partial charge < -0.3 is 15.9 Å². The molecule has 1 aromatic heterocycles. The number of nitrogens with zero attached hydrogens (tertiary/aromatic N) is 3. The molecule has 7 nitrogen and oxygen atoms in total. The van der Waals surface area contributed by atoms with Crippen molar-refractivity contribution in [3.8, 4) is 0 Å². The lowest BCUT2D eigenvalue weighted by Gasteiger charge is -2.21. The van der Waals surface area contributed by atoms with Gasteiger partial charge in [0, 0.05) is 17.6 Å².